The van der Waals surface area contributed by atoms with Gasteiger partial charge >= 0.3 is 0 Å². The Morgan fingerprint density at radius 1 is 1.35 bits per heavy atom. The van der Waals surface area contributed by atoms with Crippen LogP contribution in [0.5, 0.6) is 5.75 Å². The molecule has 112 valence electrons. The summed E-state index contributed by atoms with van der Waals surface area (Å²) >= 11 is 11.8. The molecule has 0 radical (unpaired) electrons. The summed E-state index contributed by atoms with van der Waals surface area (Å²) in [5, 5.41) is 23.1. The fourth-order valence-corrected chi connectivity index (χ4v) is 2.37. The maximum absolute atomic E-state index is 9.83. The molecule has 1 aromatic rings. The van der Waals surface area contributed by atoms with Crippen LogP contribution in [0, 0.1) is 5.41 Å². The van der Waals surface area contributed by atoms with E-state index in [1.54, 1.807) is 18.2 Å². The number of ether oxygens (including phenoxy) is 1. The van der Waals surface area contributed by atoms with Crippen LogP contribution in [0.2, 0.25) is 10.0 Å². The summed E-state index contributed by atoms with van der Waals surface area (Å²) in [5.74, 6) is 0.504. The zero-order chi connectivity index (χ0) is 14.6. The molecule has 1 aliphatic rings. The van der Waals surface area contributed by atoms with E-state index >= 15 is 0 Å². The maximum Gasteiger partial charge on any atom is 0.138 e. The van der Waals surface area contributed by atoms with Crippen LogP contribution in [0.3, 0.4) is 0 Å². The highest BCUT2D eigenvalue weighted by molar-refractivity contribution is 6.35. The van der Waals surface area contributed by atoms with Crippen molar-refractivity contribution in [3.8, 4) is 5.75 Å². The van der Waals surface area contributed by atoms with E-state index in [-0.39, 0.29) is 18.6 Å². The van der Waals surface area contributed by atoms with Gasteiger partial charge in [0.05, 0.1) is 5.02 Å². The summed E-state index contributed by atoms with van der Waals surface area (Å²) < 4.78 is 5.45. The molecule has 0 heterocycles. The molecule has 0 amide bonds. The van der Waals surface area contributed by atoms with E-state index in [1.165, 1.54) is 0 Å². The van der Waals surface area contributed by atoms with E-state index in [1.807, 2.05) is 0 Å². The second kappa shape index (κ2) is 6.96. The number of benzene rings is 1. The summed E-state index contributed by atoms with van der Waals surface area (Å²) in [6.07, 6.45) is 1.46. The van der Waals surface area contributed by atoms with Crippen molar-refractivity contribution in [3.63, 3.8) is 0 Å². The molecule has 6 heteroatoms. The first-order valence-corrected chi connectivity index (χ1v) is 7.38. The number of aliphatic hydroxyl groups is 2. The quantitative estimate of drug-likeness (QED) is 0.686. The molecule has 0 spiro atoms. The van der Waals surface area contributed by atoms with Crippen molar-refractivity contribution in [2.24, 2.45) is 5.41 Å². The summed E-state index contributed by atoms with van der Waals surface area (Å²) in [4.78, 5) is 0. The molecule has 1 aliphatic carbocycles. The van der Waals surface area contributed by atoms with Crippen LogP contribution >= 0.6 is 23.2 Å². The van der Waals surface area contributed by atoms with Crippen LogP contribution in [-0.2, 0) is 0 Å². The molecular formula is C14H19Cl2NO3. The Hall–Kier alpha value is -0.520. The standard InChI is InChI=1S/C14H19Cl2NO3/c15-10-1-2-13(12(16)5-10)20-7-11(19)6-17-8-14(9-18)3-4-14/h1-2,5,11,17-19H,3-4,6-9H2. The predicted molar refractivity (Wildman–Crippen MR) is 79.6 cm³/mol. The van der Waals surface area contributed by atoms with Crippen molar-refractivity contribution in [2.45, 2.75) is 18.9 Å². The Morgan fingerprint density at radius 3 is 2.70 bits per heavy atom. The number of hydrogen-bond acceptors (Lipinski definition) is 4. The van der Waals surface area contributed by atoms with Gasteiger partial charge in [-0.15, -0.1) is 0 Å². The third-order valence-corrected chi connectivity index (χ3v) is 4.03. The summed E-state index contributed by atoms with van der Waals surface area (Å²) in [5.41, 5.74) is 0.0417. The lowest BCUT2D eigenvalue weighted by atomic mass is 10.1. The highest BCUT2D eigenvalue weighted by Gasteiger charge is 2.41. The van der Waals surface area contributed by atoms with Crippen molar-refractivity contribution in [3.05, 3.63) is 28.2 Å². The fourth-order valence-electron chi connectivity index (χ4n) is 1.91. The van der Waals surface area contributed by atoms with Gasteiger partial charge in [-0.05, 0) is 31.0 Å². The zero-order valence-electron chi connectivity index (χ0n) is 11.1. The molecule has 0 aliphatic heterocycles. The highest BCUT2D eigenvalue weighted by atomic mass is 35.5. The van der Waals surface area contributed by atoms with Crippen molar-refractivity contribution >= 4 is 23.2 Å². The van der Waals surface area contributed by atoms with Gasteiger partial charge in [-0.25, -0.2) is 0 Å². The number of hydrogen-bond donors (Lipinski definition) is 3. The summed E-state index contributed by atoms with van der Waals surface area (Å²) in [6.45, 7) is 1.50. The van der Waals surface area contributed by atoms with Crippen LogP contribution in [0.15, 0.2) is 18.2 Å². The van der Waals surface area contributed by atoms with E-state index in [0.717, 1.165) is 19.4 Å². The largest absolute Gasteiger partial charge is 0.489 e. The molecular weight excluding hydrogens is 301 g/mol. The highest BCUT2D eigenvalue weighted by Crippen LogP contribution is 2.44. The molecule has 1 saturated carbocycles. The van der Waals surface area contributed by atoms with Crippen molar-refractivity contribution in [1.82, 2.24) is 5.32 Å². The van der Waals surface area contributed by atoms with Crippen LogP contribution in [0.25, 0.3) is 0 Å². The molecule has 3 N–H and O–H groups in total. The average molecular weight is 320 g/mol. The molecule has 4 nitrogen and oxygen atoms in total. The third-order valence-electron chi connectivity index (χ3n) is 3.50. The molecule has 0 bridgehead atoms. The van der Waals surface area contributed by atoms with Crippen LogP contribution in [0.4, 0.5) is 0 Å². The zero-order valence-corrected chi connectivity index (χ0v) is 12.6. The van der Waals surface area contributed by atoms with Crippen LogP contribution in [-0.4, -0.2) is 42.6 Å². The van der Waals surface area contributed by atoms with Gasteiger partial charge in [0.15, 0.2) is 0 Å². The first kappa shape index (κ1) is 15.9. The van der Waals surface area contributed by atoms with Crippen LogP contribution < -0.4 is 10.1 Å². The lowest BCUT2D eigenvalue weighted by molar-refractivity contribution is 0.103. The minimum atomic E-state index is -0.628. The van der Waals surface area contributed by atoms with Crippen molar-refractivity contribution in [1.29, 1.82) is 0 Å². The average Bonchev–Trinajstić information content (AvgIpc) is 3.18. The lowest BCUT2D eigenvalue weighted by Gasteiger charge is -2.16. The Morgan fingerprint density at radius 2 is 2.10 bits per heavy atom. The minimum Gasteiger partial charge on any atom is -0.489 e. The van der Waals surface area contributed by atoms with E-state index in [2.05, 4.69) is 5.32 Å². The Labute approximate surface area is 128 Å². The molecule has 1 atom stereocenters. The van der Waals surface area contributed by atoms with E-state index in [9.17, 15) is 10.2 Å². The van der Waals surface area contributed by atoms with Gasteiger partial charge in [0.2, 0.25) is 0 Å². The number of aliphatic hydroxyl groups excluding tert-OH is 2. The van der Waals surface area contributed by atoms with Gasteiger partial charge in [-0.3, -0.25) is 0 Å². The number of nitrogens with one attached hydrogen (secondary N) is 1. The van der Waals surface area contributed by atoms with Gasteiger partial charge in [0.25, 0.3) is 0 Å². The number of halogens is 2. The van der Waals surface area contributed by atoms with Gasteiger partial charge in [-0.2, -0.15) is 0 Å². The normalized spacial score (nSPS) is 17.8. The van der Waals surface area contributed by atoms with E-state index < -0.39 is 6.10 Å². The summed E-state index contributed by atoms with van der Waals surface area (Å²) in [7, 11) is 0. The molecule has 1 aromatic carbocycles. The second-order valence-corrected chi connectivity index (χ2v) is 6.17. The fraction of sp³-hybridized carbons (Fsp3) is 0.571. The monoisotopic (exact) mass is 319 g/mol. The van der Waals surface area contributed by atoms with Gasteiger partial charge in [-0.1, -0.05) is 23.2 Å². The van der Waals surface area contributed by atoms with E-state index in [4.69, 9.17) is 27.9 Å². The van der Waals surface area contributed by atoms with E-state index in [0.29, 0.717) is 22.3 Å². The molecule has 0 saturated heterocycles. The smallest absolute Gasteiger partial charge is 0.138 e. The lowest BCUT2D eigenvalue weighted by Crippen LogP contribution is -2.35. The molecule has 20 heavy (non-hydrogen) atoms. The van der Waals surface area contributed by atoms with Crippen molar-refractivity contribution in [2.75, 3.05) is 26.3 Å². The molecule has 0 aromatic heterocycles. The topological polar surface area (TPSA) is 61.7 Å². The maximum atomic E-state index is 9.83. The summed E-state index contributed by atoms with van der Waals surface area (Å²) in [6, 6.07) is 4.96. The Bertz CT molecular complexity index is 452. The van der Waals surface area contributed by atoms with Crippen molar-refractivity contribution < 1.29 is 14.9 Å². The molecule has 1 fully saturated rings. The van der Waals surface area contributed by atoms with Gasteiger partial charge < -0.3 is 20.3 Å². The van der Waals surface area contributed by atoms with Crippen LogP contribution in [0.1, 0.15) is 12.8 Å². The predicted octanol–water partition coefficient (Wildman–Crippen LogP) is 2.10. The molecule has 1 unspecified atom stereocenters. The van der Waals surface area contributed by atoms with Gasteiger partial charge in [0, 0.05) is 30.1 Å². The van der Waals surface area contributed by atoms with Gasteiger partial charge in [0.1, 0.15) is 18.5 Å². The number of rotatable bonds is 8. The Balaban J connectivity index is 1.68. The Kier molecular flexibility index (Phi) is 5.52. The molecule has 2 rings (SSSR count). The second-order valence-electron chi connectivity index (χ2n) is 5.33. The third kappa shape index (κ3) is 4.50. The first-order valence-electron chi connectivity index (χ1n) is 6.62. The minimum absolute atomic E-state index is 0.0417. The first-order chi connectivity index (χ1) is 9.54. The SMILES string of the molecule is OCC1(CNCC(O)COc2ccc(Cl)cc2Cl)CC1.